The van der Waals surface area contributed by atoms with Gasteiger partial charge < -0.3 is 15.4 Å². The third-order valence-electron chi connectivity index (χ3n) is 1.48. The summed E-state index contributed by atoms with van der Waals surface area (Å²) < 4.78 is 5.83. The number of hydrogen-bond donors (Lipinski definition) is 2. The summed E-state index contributed by atoms with van der Waals surface area (Å²) in [4.78, 5) is 11.2. The lowest BCUT2D eigenvalue weighted by molar-refractivity contribution is 0.177. The predicted octanol–water partition coefficient (Wildman–Crippen LogP) is 2.02. The number of rotatable bonds is 3. The Labute approximate surface area is 96.2 Å². The molecule has 2 N–H and O–H groups in total. The van der Waals surface area contributed by atoms with Crippen molar-refractivity contribution < 1.29 is 9.53 Å². The van der Waals surface area contributed by atoms with Crippen molar-refractivity contribution in [3.8, 4) is 0 Å². The molecule has 1 aromatic rings. The van der Waals surface area contributed by atoms with E-state index in [4.69, 9.17) is 4.74 Å². The molecule has 1 aromatic carbocycles. The molecule has 76 valence electrons. The maximum Gasteiger partial charge on any atom is 0.321 e. The summed E-state index contributed by atoms with van der Waals surface area (Å²) in [5.74, 6) is 0. The Balaban J connectivity index is 2.44. The fraction of sp³-hybridized carbons (Fsp3) is 0.222. The molecule has 0 radical (unpaired) electrons. The first-order valence-electron chi connectivity index (χ1n) is 4.01. The summed E-state index contributed by atoms with van der Waals surface area (Å²) in [7, 11) is 1.52. The smallest absolute Gasteiger partial charge is 0.321 e. The molecule has 0 aliphatic rings. The van der Waals surface area contributed by atoms with Crippen LogP contribution in [0.25, 0.3) is 0 Å². The molecule has 4 nitrogen and oxygen atoms in total. The highest BCUT2D eigenvalue weighted by Crippen LogP contribution is 2.10. The van der Waals surface area contributed by atoms with E-state index in [2.05, 4.69) is 33.2 Å². The van der Waals surface area contributed by atoms with Gasteiger partial charge in [-0.1, -0.05) is 0 Å². The number of halogens is 1. The van der Waals surface area contributed by atoms with E-state index >= 15 is 0 Å². The molecule has 0 heterocycles. The van der Waals surface area contributed by atoms with Crippen LogP contribution in [0.5, 0.6) is 0 Å². The van der Waals surface area contributed by atoms with Gasteiger partial charge in [-0.25, -0.2) is 4.79 Å². The average molecular weight is 306 g/mol. The molecule has 0 spiro atoms. The second kappa shape index (κ2) is 5.82. The topological polar surface area (TPSA) is 50.4 Å². The molecular weight excluding hydrogens is 295 g/mol. The van der Waals surface area contributed by atoms with Crippen molar-refractivity contribution in [2.75, 3.05) is 19.2 Å². The highest BCUT2D eigenvalue weighted by atomic mass is 127. The van der Waals surface area contributed by atoms with Gasteiger partial charge in [-0.3, -0.25) is 0 Å². The normalized spacial score (nSPS) is 9.57. The number of hydrogen-bond acceptors (Lipinski definition) is 2. The van der Waals surface area contributed by atoms with Crippen molar-refractivity contribution in [2.45, 2.75) is 0 Å². The molecule has 0 atom stereocenters. The van der Waals surface area contributed by atoms with Crippen LogP contribution in [0.4, 0.5) is 10.5 Å². The Kier molecular flexibility index (Phi) is 4.68. The van der Waals surface area contributed by atoms with Crippen LogP contribution in [-0.2, 0) is 4.74 Å². The molecule has 0 aliphatic heterocycles. The zero-order valence-electron chi connectivity index (χ0n) is 7.71. The van der Waals surface area contributed by atoms with E-state index in [0.717, 1.165) is 9.26 Å². The molecule has 0 bridgehead atoms. The van der Waals surface area contributed by atoms with Crippen LogP contribution in [0.2, 0.25) is 0 Å². The number of amides is 2. The Morgan fingerprint density at radius 1 is 1.43 bits per heavy atom. The quantitative estimate of drug-likeness (QED) is 0.663. The van der Waals surface area contributed by atoms with E-state index in [1.165, 1.54) is 7.11 Å². The third kappa shape index (κ3) is 3.93. The maximum atomic E-state index is 11.2. The van der Waals surface area contributed by atoms with Crippen LogP contribution in [0, 0.1) is 3.57 Å². The molecule has 0 saturated heterocycles. The fourth-order valence-electron chi connectivity index (χ4n) is 0.846. The van der Waals surface area contributed by atoms with Gasteiger partial charge in [-0.05, 0) is 46.9 Å². The number of carbonyl (C=O) groups excluding carboxylic acids is 1. The van der Waals surface area contributed by atoms with E-state index in [1.54, 1.807) is 0 Å². The minimum Gasteiger partial charge on any atom is -0.364 e. The summed E-state index contributed by atoms with van der Waals surface area (Å²) in [5.41, 5.74) is 0.763. The number of methoxy groups -OCH3 is 1. The van der Waals surface area contributed by atoms with Crippen LogP contribution in [0.1, 0.15) is 0 Å². The number of anilines is 1. The molecule has 5 heteroatoms. The van der Waals surface area contributed by atoms with E-state index < -0.39 is 0 Å². The molecule has 0 unspecified atom stereocenters. The number of ether oxygens (including phenoxy) is 1. The molecular formula is C9H11IN2O2. The Morgan fingerprint density at radius 3 is 2.64 bits per heavy atom. The van der Waals surface area contributed by atoms with Gasteiger partial charge >= 0.3 is 6.03 Å². The van der Waals surface area contributed by atoms with Gasteiger partial charge in [0.15, 0.2) is 0 Å². The van der Waals surface area contributed by atoms with Crippen LogP contribution >= 0.6 is 22.6 Å². The fourth-order valence-corrected chi connectivity index (χ4v) is 1.21. The van der Waals surface area contributed by atoms with Crippen molar-refractivity contribution >= 4 is 34.3 Å². The van der Waals surface area contributed by atoms with Crippen molar-refractivity contribution in [1.29, 1.82) is 0 Å². The van der Waals surface area contributed by atoms with Gasteiger partial charge in [0, 0.05) is 16.4 Å². The molecule has 0 aliphatic carbocycles. The summed E-state index contributed by atoms with van der Waals surface area (Å²) in [6.07, 6.45) is 0. The summed E-state index contributed by atoms with van der Waals surface area (Å²) >= 11 is 2.20. The Morgan fingerprint density at radius 2 is 2.07 bits per heavy atom. The van der Waals surface area contributed by atoms with Crippen molar-refractivity contribution in [3.05, 3.63) is 27.8 Å². The van der Waals surface area contributed by atoms with Crippen LogP contribution in [-0.4, -0.2) is 19.9 Å². The third-order valence-corrected chi connectivity index (χ3v) is 2.20. The first kappa shape index (κ1) is 11.3. The monoisotopic (exact) mass is 306 g/mol. The SMILES string of the molecule is COCNC(=O)Nc1ccc(I)cc1. The van der Waals surface area contributed by atoms with Gasteiger partial charge in [0.2, 0.25) is 0 Å². The Bertz CT molecular complexity index is 300. The van der Waals surface area contributed by atoms with E-state index in [9.17, 15) is 4.79 Å². The highest BCUT2D eigenvalue weighted by molar-refractivity contribution is 14.1. The van der Waals surface area contributed by atoms with Crippen LogP contribution < -0.4 is 10.6 Å². The summed E-state index contributed by atoms with van der Waals surface area (Å²) in [6.45, 7) is 0.205. The lowest BCUT2D eigenvalue weighted by Gasteiger charge is -2.06. The molecule has 0 fully saturated rings. The van der Waals surface area contributed by atoms with E-state index in [0.29, 0.717) is 0 Å². The lowest BCUT2D eigenvalue weighted by atomic mass is 10.3. The number of urea groups is 1. The second-order valence-corrected chi connectivity index (χ2v) is 3.82. The van der Waals surface area contributed by atoms with Crippen molar-refractivity contribution in [2.24, 2.45) is 0 Å². The highest BCUT2D eigenvalue weighted by Gasteiger charge is 1.99. The van der Waals surface area contributed by atoms with Gasteiger partial charge in [-0.2, -0.15) is 0 Å². The minimum absolute atomic E-state index is 0.205. The zero-order valence-corrected chi connectivity index (χ0v) is 9.87. The predicted molar refractivity (Wildman–Crippen MR) is 63.2 cm³/mol. The van der Waals surface area contributed by atoms with E-state index in [1.807, 2.05) is 24.3 Å². The van der Waals surface area contributed by atoms with Crippen molar-refractivity contribution in [1.82, 2.24) is 5.32 Å². The molecule has 1 rings (SSSR count). The number of nitrogens with one attached hydrogen (secondary N) is 2. The maximum absolute atomic E-state index is 11.2. The van der Waals surface area contributed by atoms with Gasteiger partial charge in [0.05, 0.1) is 0 Å². The number of benzene rings is 1. The summed E-state index contributed by atoms with van der Waals surface area (Å²) in [6, 6.07) is 7.26. The molecule has 14 heavy (non-hydrogen) atoms. The largest absolute Gasteiger partial charge is 0.364 e. The van der Waals surface area contributed by atoms with Gasteiger partial charge in [0.25, 0.3) is 0 Å². The average Bonchev–Trinajstić information content (AvgIpc) is 2.18. The lowest BCUT2D eigenvalue weighted by Crippen LogP contribution is -2.30. The first-order valence-corrected chi connectivity index (χ1v) is 5.09. The van der Waals surface area contributed by atoms with Crippen molar-refractivity contribution in [3.63, 3.8) is 0 Å². The van der Waals surface area contributed by atoms with Gasteiger partial charge in [-0.15, -0.1) is 0 Å². The van der Waals surface area contributed by atoms with E-state index in [-0.39, 0.29) is 12.8 Å². The van der Waals surface area contributed by atoms with Crippen LogP contribution in [0.15, 0.2) is 24.3 Å². The first-order chi connectivity index (χ1) is 6.72. The second-order valence-electron chi connectivity index (χ2n) is 2.57. The van der Waals surface area contributed by atoms with Crippen LogP contribution in [0.3, 0.4) is 0 Å². The zero-order chi connectivity index (χ0) is 10.4. The number of carbonyl (C=O) groups is 1. The Hall–Kier alpha value is -0.820. The van der Waals surface area contributed by atoms with Gasteiger partial charge in [0.1, 0.15) is 6.73 Å². The standard InChI is InChI=1S/C9H11IN2O2/c1-14-6-11-9(13)12-8-4-2-7(10)3-5-8/h2-5H,6H2,1H3,(H2,11,12,13). The molecule has 0 aromatic heterocycles. The molecule has 2 amide bonds. The minimum atomic E-state index is -0.270. The molecule has 0 saturated carbocycles. The summed E-state index contributed by atoms with van der Waals surface area (Å²) in [5, 5.41) is 5.19.